The molecule has 0 amide bonds. The van der Waals surface area contributed by atoms with Crippen molar-refractivity contribution in [2.75, 3.05) is 24.7 Å². The Morgan fingerprint density at radius 3 is 2.00 bits per heavy atom. The zero-order chi connectivity index (χ0) is 13.1. The lowest BCUT2D eigenvalue weighted by Crippen LogP contribution is -1.90. The maximum atomic E-state index is 8.80. The van der Waals surface area contributed by atoms with Gasteiger partial charge in [0.25, 0.3) is 0 Å². The molecule has 0 fully saturated rings. The SMILES string of the molecule is CC.Cc1ccc(SCCO)c(SCCO)c1. The lowest BCUT2D eigenvalue weighted by atomic mass is 10.2. The van der Waals surface area contributed by atoms with Crippen molar-refractivity contribution in [2.24, 2.45) is 0 Å². The van der Waals surface area contributed by atoms with E-state index in [1.807, 2.05) is 13.8 Å². The van der Waals surface area contributed by atoms with E-state index in [2.05, 4.69) is 25.1 Å². The van der Waals surface area contributed by atoms with Gasteiger partial charge in [0.2, 0.25) is 0 Å². The summed E-state index contributed by atoms with van der Waals surface area (Å²) in [4.78, 5) is 2.38. The Bertz CT molecular complexity index is 303. The highest BCUT2D eigenvalue weighted by Crippen LogP contribution is 2.31. The van der Waals surface area contributed by atoms with Crippen LogP contribution in [0.15, 0.2) is 28.0 Å². The van der Waals surface area contributed by atoms with Crippen molar-refractivity contribution in [2.45, 2.75) is 30.6 Å². The lowest BCUT2D eigenvalue weighted by molar-refractivity contribution is 0.322. The third-order valence-electron chi connectivity index (χ3n) is 1.80. The Kier molecular flexibility index (Phi) is 10.9. The Hall–Kier alpha value is -0.160. The highest BCUT2D eigenvalue weighted by atomic mass is 32.2. The second-order valence-corrected chi connectivity index (χ2v) is 5.37. The molecule has 2 N–H and O–H groups in total. The monoisotopic (exact) mass is 274 g/mol. The van der Waals surface area contributed by atoms with Crippen LogP contribution in [0.25, 0.3) is 0 Å². The van der Waals surface area contributed by atoms with Crippen LogP contribution < -0.4 is 0 Å². The molecular formula is C13H22O2S2. The first kappa shape index (κ1) is 16.8. The molecule has 0 spiro atoms. The molecule has 0 aliphatic heterocycles. The van der Waals surface area contributed by atoms with Crippen LogP contribution in [0, 0.1) is 6.92 Å². The summed E-state index contributed by atoms with van der Waals surface area (Å²) in [5, 5.41) is 17.6. The molecule has 0 heterocycles. The van der Waals surface area contributed by atoms with Crippen LogP contribution in [0.1, 0.15) is 19.4 Å². The maximum Gasteiger partial charge on any atom is 0.0525 e. The number of aliphatic hydroxyl groups is 2. The number of rotatable bonds is 6. The second-order valence-electron chi connectivity index (χ2n) is 3.09. The largest absolute Gasteiger partial charge is 0.396 e. The average molecular weight is 274 g/mol. The van der Waals surface area contributed by atoms with Gasteiger partial charge in [-0.3, -0.25) is 0 Å². The van der Waals surface area contributed by atoms with Gasteiger partial charge in [-0.25, -0.2) is 0 Å². The number of aliphatic hydroxyl groups excluding tert-OH is 2. The van der Waals surface area contributed by atoms with Gasteiger partial charge in [-0.15, -0.1) is 23.5 Å². The van der Waals surface area contributed by atoms with Crippen molar-refractivity contribution < 1.29 is 10.2 Å². The summed E-state index contributed by atoms with van der Waals surface area (Å²) in [5.74, 6) is 1.44. The van der Waals surface area contributed by atoms with Crippen LogP contribution in [0.2, 0.25) is 0 Å². The summed E-state index contributed by atoms with van der Waals surface area (Å²) in [5.41, 5.74) is 1.23. The normalized spacial score (nSPS) is 9.71. The Balaban J connectivity index is 0.00000121. The number of benzene rings is 1. The van der Waals surface area contributed by atoms with E-state index in [1.165, 1.54) is 15.4 Å². The molecule has 0 atom stereocenters. The minimum Gasteiger partial charge on any atom is -0.396 e. The van der Waals surface area contributed by atoms with E-state index >= 15 is 0 Å². The van der Waals surface area contributed by atoms with Crippen LogP contribution in [-0.4, -0.2) is 34.9 Å². The van der Waals surface area contributed by atoms with E-state index in [4.69, 9.17) is 10.2 Å². The summed E-state index contributed by atoms with van der Waals surface area (Å²) in [6.45, 7) is 6.45. The van der Waals surface area contributed by atoms with Crippen molar-refractivity contribution in [3.8, 4) is 0 Å². The molecule has 1 rings (SSSR count). The molecule has 0 radical (unpaired) electrons. The Labute approximate surface area is 113 Å². The quantitative estimate of drug-likeness (QED) is 0.782. The highest BCUT2D eigenvalue weighted by Gasteiger charge is 2.03. The molecule has 17 heavy (non-hydrogen) atoms. The third kappa shape index (κ3) is 6.99. The molecule has 1 aromatic carbocycles. The molecule has 98 valence electrons. The smallest absolute Gasteiger partial charge is 0.0525 e. The van der Waals surface area contributed by atoms with E-state index in [1.54, 1.807) is 23.5 Å². The number of hydrogen-bond donors (Lipinski definition) is 2. The van der Waals surface area contributed by atoms with Crippen molar-refractivity contribution >= 4 is 23.5 Å². The molecular weight excluding hydrogens is 252 g/mol. The van der Waals surface area contributed by atoms with Crippen molar-refractivity contribution in [3.05, 3.63) is 23.8 Å². The Morgan fingerprint density at radius 2 is 1.47 bits per heavy atom. The molecule has 0 aliphatic rings. The van der Waals surface area contributed by atoms with E-state index < -0.39 is 0 Å². The minimum atomic E-state index is 0.197. The molecule has 4 heteroatoms. The molecule has 0 saturated heterocycles. The second kappa shape index (κ2) is 11.0. The van der Waals surface area contributed by atoms with Crippen LogP contribution in [-0.2, 0) is 0 Å². The van der Waals surface area contributed by atoms with Gasteiger partial charge in [-0.1, -0.05) is 19.9 Å². The number of aryl methyl sites for hydroxylation is 1. The summed E-state index contributed by atoms with van der Waals surface area (Å²) < 4.78 is 0. The van der Waals surface area contributed by atoms with Crippen LogP contribution in [0.4, 0.5) is 0 Å². The predicted octanol–water partition coefficient (Wildman–Crippen LogP) is 3.19. The third-order valence-corrected chi connectivity index (χ3v) is 4.02. The predicted molar refractivity (Wildman–Crippen MR) is 78.1 cm³/mol. The fourth-order valence-corrected chi connectivity index (χ4v) is 2.98. The lowest BCUT2D eigenvalue weighted by Gasteiger charge is -2.08. The van der Waals surface area contributed by atoms with Gasteiger partial charge in [0.15, 0.2) is 0 Å². The number of thioether (sulfide) groups is 2. The zero-order valence-corrected chi connectivity index (χ0v) is 12.4. The summed E-state index contributed by atoms with van der Waals surface area (Å²) in [7, 11) is 0. The van der Waals surface area contributed by atoms with Gasteiger partial charge in [0.05, 0.1) is 13.2 Å². The molecule has 0 saturated carbocycles. The summed E-state index contributed by atoms with van der Waals surface area (Å²) in [6, 6.07) is 6.28. The first-order valence-electron chi connectivity index (χ1n) is 5.86. The highest BCUT2D eigenvalue weighted by molar-refractivity contribution is 8.02. The van der Waals surface area contributed by atoms with Gasteiger partial charge in [0.1, 0.15) is 0 Å². The van der Waals surface area contributed by atoms with E-state index in [0.29, 0.717) is 0 Å². The first-order valence-corrected chi connectivity index (χ1v) is 7.83. The fraction of sp³-hybridized carbons (Fsp3) is 0.538. The fourth-order valence-electron chi connectivity index (χ4n) is 1.16. The van der Waals surface area contributed by atoms with Gasteiger partial charge >= 0.3 is 0 Å². The minimum absolute atomic E-state index is 0.197. The molecule has 0 aromatic heterocycles. The van der Waals surface area contributed by atoms with E-state index in [9.17, 15) is 0 Å². The van der Waals surface area contributed by atoms with Crippen molar-refractivity contribution in [1.82, 2.24) is 0 Å². The van der Waals surface area contributed by atoms with Gasteiger partial charge in [0, 0.05) is 21.3 Å². The van der Waals surface area contributed by atoms with Gasteiger partial charge in [-0.05, 0) is 24.6 Å². The Morgan fingerprint density at radius 1 is 0.941 bits per heavy atom. The average Bonchev–Trinajstić information content (AvgIpc) is 2.37. The zero-order valence-electron chi connectivity index (χ0n) is 10.8. The molecule has 0 aliphatic carbocycles. The van der Waals surface area contributed by atoms with Crippen LogP contribution in [0.5, 0.6) is 0 Å². The van der Waals surface area contributed by atoms with Crippen LogP contribution in [0.3, 0.4) is 0 Å². The topological polar surface area (TPSA) is 40.5 Å². The van der Waals surface area contributed by atoms with Crippen molar-refractivity contribution in [1.29, 1.82) is 0 Å². The first-order chi connectivity index (χ1) is 8.27. The van der Waals surface area contributed by atoms with E-state index in [0.717, 1.165) is 11.5 Å². The number of hydrogen-bond acceptors (Lipinski definition) is 4. The van der Waals surface area contributed by atoms with Gasteiger partial charge < -0.3 is 10.2 Å². The molecule has 1 aromatic rings. The molecule has 2 nitrogen and oxygen atoms in total. The molecule has 0 bridgehead atoms. The maximum absolute atomic E-state index is 8.80. The summed E-state index contributed by atoms with van der Waals surface area (Å²) >= 11 is 3.31. The van der Waals surface area contributed by atoms with Crippen molar-refractivity contribution in [3.63, 3.8) is 0 Å². The standard InChI is InChI=1S/C11H16O2S2.C2H6/c1-9-2-3-10(14-6-4-12)11(8-9)15-7-5-13;1-2/h2-3,8,12-13H,4-7H2,1H3;1-2H3. The van der Waals surface area contributed by atoms with E-state index in [-0.39, 0.29) is 13.2 Å². The molecule has 0 unspecified atom stereocenters. The van der Waals surface area contributed by atoms with Gasteiger partial charge in [-0.2, -0.15) is 0 Å². The van der Waals surface area contributed by atoms with Crippen LogP contribution >= 0.6 is 23.5 Å². The summed E-state index contributed by atoms with van der Waals surface area (Å²) in [6.07, 6.45) is 0.